The third kappa shape index (κ3) is 1.63. The molecule has 0 atom stereocenters. The summed E-state index contributed by atoms with van der Waals surface area (Å²) in [6, 6.07) is 8.02. The van der Waals surface area contributed by atoms with Crippen molar-refractivity contribution in [1.29, 1.82) is 0 Å². The molecule has 0 saturated heterocycles. The minimum absolute atomic E-state index is 0.124. The molecular weight excluding hydrogens is 214 g/mol. The summed E-state index contributed by atoms with van der Waals surface area (Å²) < 4.78 is 1.73. The zero-order valence-corrected chi connectivity index (χ0v) is 9.34. The lowest BCUT2D eigenvalue weighted by Crippen LogP contribution is -2.09. The van der Waals surface area contributed by atoms with Crippen molar-refractivity contribution in [3.05, 3.63) is 58.9 Å². The van der Waals surface area contributed by atoms with Crippen LogP contribution in [0.4, 0.5) is 0 Å². The van der Waals surface area contributed by atoms with E-state index < -0.39 is 0 Å². The number of benzene rings is 1. The van der Waals surface area contributed by atoms with Gasteiger partial charge in [0.25, 0.3) is 5.56 Å². The van der Waals surface area contributed by atoms with Gasteiger partial charge in [0.15, 0.2) is 0 Å². The predicted molar refractivity (Wildman–Crippen MR) is 66.0 cm³/mol. The Balaban J connectivity index is 2.23. The van der Waals surface area contributed by atoms with Gasteiger partial charge in [0.05, 0.1) is 18.2 Å². The van der Waals surface area contributed by atoms with Crippen molar-refractivity contribution in [2.45, 2.75) is 6.92 Å². The summed E-state index contributed by atoms with van der Waals surface area (Å²) in [5.41, 5.74) is 3.41. The molecule has 2 aromatic heterocycles. The number of nitrogens with zero attached hydrogens (tertiary/aromatic N) is 2. The van der Waals surface area contributed by atoms with Crippen molar-refractivity contribution < 1.29 is 0 Å². The van der Waals surface area contributed by atoms with Crippen LogP contribution in [-0.4, -0.2) is 14.4 Å². The molecule has 4 nitrogen and oxygen atoms in total. The number of rotatable bonds is 1. The van der Waals surface area contributed by atoms with Crippen LogP contribution in [-0.2, 0) is 0 Å². The Labute approximate surface area is 97.6 Å². The number of imidazole rings is 1. The van der Waals surface area contributed by atoms with Crippen LogP contribution in [0.2, 0.25) is 0 Å². The van der Waals surface area contributed by atoms with Crippen molar-refractivity contribution >= 4 is 5.52 Å². The second-order valence-corrected chi connectivity index (χ2v) is 4.05. The Hall–Kier alpha value is -2.36. The average molecular weight is 225 g/mol. The monoisotopic (exact) mass is 225 g/mol. The molecule has 1 aromatic carbocycles. The zero-order chi connectivity index (χ0) is 11.8. The van der Waals surface area contributed by atoms with E-state index >= 15 is 0 Å². The minimum Gasteiger partial charge on any atom is -0.319 e. The Morgan fingerprint density at radius 2 is 2.00 bits per heavy atom. The Bertz CT molecular complexity index is 722. The average Bonchev–Trinajstić information content (AvgIpc) is 2.78. The van der Waals surface area contributed by atoms with Crippen LogP contribution in [0.1, 0.15) is 5.56 Å². The molecule has 0 bridgehead atoms. The second-order valence-electron chi connectivity index (χ2n) is 4.05. The quantitative estimate of drug-likeness (QED) is 0.688. The van der Waals surface area contributed by atoms with Crippen LogP contribution < -0.4 is 5.56 Å². The number of hydrogen-bond acceptors (Lipinski definition) is 2. The Morgan fingerprint density at radius 3 is 2.76 bits per heavy atom. The first-order valence-corrected chi connectivity index (χ1v) is 5.36. The third-order valence-corrected chi connectivity index (χ3v) is 2.78. The van der Waals surface area contributed by atoms with Gasteiger partial charge < -0.3 is 4.98 Å². The fourth-order valence-electron chi connectivity index (χ4n) is 1.82. The molecule has 1 N–H and O–H groups in total. The number of aromatic amines is 1. The van der Waals surface area contributed by atoms with Crippen molar-refractivity contribution in [1.82, 2.24) is 14.4 Å². The Kier molecular flexibility index (Phi) is 2.08. The molecule has 0 saturated carbocycles. The molecule has 3 aromatic rings. The highest BCUT2D eigenvalue weighted by molar-refractivity contribution is 5.60. The molecule has 0 unspecified atom stereocenters. The van der Waals surface area contributed by atoms with Gasteiger partial charge in [-0.3, -0.25) is 9.20 Å². The van der Waals surface area contributed by atoms with E-state index in [4.69, 9.17) is 0 Å². The van der Waals surface area contributed by atoms with Crippen LogP contribution in [0, 0.1) is 6.92 Å². The lowest BCUT2D eigenvalue weighted by Gasteiger charge is -2.03. The molecule has 0 amide bonds. The summed E-state index contributed by atoms with van der Waals surface area (Å²) in [5, 5.41) is 0. The van der Waals surface area contributed by atoms with Crippen molar-refractivity contribution in [3.8, 4) is 11.3 Å². The maximum atomic E-state index is 11.8. The zero-order valence-electron chi connectivity index (χ0n) is 9.34. The smallest absolute Gasteiger partial charge is 0.274 e. The summed E-state index contributed by atoms with van der Waals surface area (Å²) in [4.78, 5) is 18.6. The molecule has 0 aliphatic carbocycles. The molecule has 2 heterocycles. The maximum absolute atomic E-state index is 11.8. The number of nitrogens with one attached hydrogen (secondary N) is 1. The predicted octanol–water partition coefficient (Wildman–Crippen LogP) is 2.00. The Morgan fingerprint density at radius 1 is 1.24 bits per heavy atom. The van der Waals surface area contributed by atoms with Crippen LogP contribution in [0.5, 0.6) is 0 Å². The van der Waals surface area contributed by atoms with Gasteiger partial charge in [-0.25, -0.2) is 4.98 Å². The molecule has 0 aliphatic rings. The van der Waals surface area contributed by atoms with Gasteiger partial charge >= 0.3 is 0 Å². The summed E-state index contributed by atoms with van der Waals surface area (Å²) in [7, 11) is 0. The molecule has 0 fully saturated rings. The second kappa shape index (κ2) is 3.59. The topological polar surface area (TPSA) is 50.2 Å². The first kappa shape index (κ1) is 9.84. The van der Waals surface area contributed by atoms with Crippen LogP contribution >= 0.6 is 0 Å². The highest BCUT2D eigenvalue weighted by Crippen LogP contribution is 2.16. The molecule has 4 heteroatoms. The summed E-state index contributed by atoms with van der Waals surface area (Å²) in [6.45, 7) is 2.03. The van der Waals surface area contributed by atoms with E-state index in [1.54, 1.807) is 16.9 Å². The number of fused-ring (bicyclic) bond motifs is 1. The lowest BCUT2D eigenvalue weighted by molar-refractivity contribution is 1.09. The van der Waals surface area contributed by atoms with E-state index in [-0.39, 0.29) is 5.56 Å². The van der Waals surface area contributed by atoms with Crippen LogP contribution in [0.15, 0.2) is 47.8 Å². The normalized spacial score (nSPS) is 10.9. The molecule has 84 valence electrons. The highest BCUT2D eigenvalue weighted by atomic mass is 16.1. The summed E-state index contributed by atoms with van der Waals surface area (Å²) in [5.74, 6) is 0. The van der Waals surface area contributed by atoms with E-state index in [0.29, 0.717) is 5.52 Å². The first-order valence-electron chi connectivity index (χ1n) is 5.36. The van der Waals surface area contributed by atoms with Gasteiger partial charge in [0.1, 0.15) is 5.52 Å². The fraction of sp³-hybridized carbons (Fsp3) is 0.0769. The van der Waals surface area contributed by atoms with Crippen molar-refractivity contribution in [2.24, 2.45) is 0 Å². The van der Waals surface area contributed by atoms with E-state index in [0.717, 1.165) is 11.3 Å². The standard InChI is InChI=1S/C13H11N3O/c1-9-2-4-10(5-3-9)11-7-16-8-14-6-12(16)13(17)15-11/h2-8H,1H3,(H,15,17). The molecule has 0 radical (unpaired) electrons. The van der Waals surface area contributed by atoms with Crippen LogP contribution in [0.25, 0.3) is 16.8 Å². The third-order valence-electron chi connectivity index (χ3n) is 2.78. The van der Waals surface area contributed by atoms with Gasteiger partial charge in [-0.2, -0.15) is 0 Å². The molecular formula is C13H11N3O. The highest BCUT2D eigenvalue weighted by Gasteiger charge is 2.03. The number of aromatic nitrogens is 3. The fourth-order valence-corrected chi connectivity index (χ4v) is 1.82. The SMILES string of the molecule is Cc1ccc(-c2cn3cncc3c(=O)[nH]2)cc1. The van der Waals surface area contributed by atoms with Crippen LogP contribution in [0.3, 0.4) is 0 Å². The minimum atomic E-state index is -0.124. The molecule has 0 spiro atoms. The van der Waals surface area contributed by atoms with E-state index in [9.17, 15) is 4.79 Å². The summed E-state index contributed by atoms with van der Waals surface area (Å²) >= 11 is 0. The molecule has 17 heavy (non-hydrogen) atoms. The van der Waals surface area contributed by atoms with Crippen molar-refractivity contribution in [2.75, 3.05) is 0 Å². The number of aryl methyl sites for hydroxylation is 1. The number of H-pyrrole nitrogens is 1. The van der Waals surface area contributed by atoms with Gasteiger partial charge in [0.2, 0.25) is 0 Å². The van der Waals surface area contributed by atoms with Crippen molar-refractivity contribution in [3.63, 3.8) is 0 Å². The maximum Gasteiger partial charge on any atom is 0.274 e. The molecule has 3 rings (SSSR count). The van der Waals surface area contributed by atoms with Gasteiger partial charge in [-0.05, 0) is 12.5 Å². The van der Waals surface area contributed by atoms with E-state index in [1.165, 1.54) is 5.56 Å². The van der Waals surface area contributed by atoms with Gasteiger partial charge in [-0.1, -0.05) is 29.8 Å². The molecule has 0 aliphatic heterocycles. The largest absolute Gasteiger partial charge is 0.319 e. The lowest BCUT2D eigenvalue weighted by atomic mass is 10.1. The van der Waals surface area contributed by atoms with Gasteiger partial charge in [-0.15, -0.1) is 0 Å². The van der Waals surface area contributed by atoms with E-state index in [2.05, 4.69) is 9.97 Å². The summed E-state index contributed by atoms with van der Waals surface area (Å²) in [6.07, 6.45) is 5.05. The number of hydrogen-bond donors (Lipinski definition) is 1. The van der Waals surface area contributed by atoms with Gasteiger partial charge in [0, 0.05) is 6.20 Å². The first-order chi connectivity index (χ1) is 8.24. The van der Waals surface area contributed by atoms with E-state index in [1.807, 2.05) is 37.4 Å².